The normalized spacial score (nSPS) is 10.5. The number of nitrogen functional groups attached to an aromatic ring is 1. The minimum atomic E-state index is -0.656. The van der Waals surface area contributed by atoms with Crippen molar-refractivity contribution in [1.29, 1.82) is 0 Å². The SMILES string of the molecule is Nc1c(F)cccc1C(=O)Cc1cc(F)ccc1Cl. The smallest absolute Gasteiger partial charge is 0.169 e. The fraction of sp³-hybridized carbons (Fsp3) is 0.0714. The minimum Gasteiger partial charge on any atom is -0.396 e. The molecule has 0 aliphatic carbocycles. The lowest BCUT2D eigenvalue weighted by Crippen LogP contribution is -2.09. The standard InChI is InChI=1S/C14H10ClF2NO/c15-11-5-4-9(16)6-8(11)7-13(19)10-2-1-3-12(17)14(10)18/h1-6H,7,18H2. The van der Waals surface area contributed by atoms with Crippen LogP contribution in [-0.4, -0.2) is 5.78 Å². The van der Waals surface area contributed by atoms with Crippen molar-refractivity contribution in [3.8, 4) is 0 Å². The number of carbonyl (C=O) groups is 1. The zero-order chi connectivity index (χ0) is 14.0. The van der Waals surface area contributed by atoms with Crippen LogP contribution in [0.4, 0.5) is 14.5 Å². The van der Waals surface area contributed by atoms with Gasteiger partial charge in [0.2, 0.25) is 0 Å². The van der Waals surface area contributed by atoms with Crippen molar-refractivity contribution in [3.05, 3.63) is 64.2 Å². The van der Waals surface area contributed by atoms with Crippen molar-refractivity contribution in [2.75, 3.05) is 5.73 Å². The van der Waals surface area contributed by atoms with Crippen molar-refractivity contribution < 1.29 is 13.6 Å². The van der Waals surface area contributed by atoms with E-state index >= 15 is 0 Å². The highest BCUT2D eigenvalue weighted by molar-refractivity contribution is 6.31. The highest BCUT2D eigenvalue weighted by atomic mass is 35.5. The number of Topliss-reactive ketones (excluding diaryl/α,β-unsaturated/α-hetero) is 1. The third-order valence-electron chi connectivity index (χ3n) is 2.71. The number of hydrogen-bond donors (Lipinski definition) is 1. The Morgan fingerprint density at radius 1 is 1.21 bits per heavy atom. The zero-order valence-electron chi connectivity index (χ0n) is 9.79. The molecule has 0 aliphatic rings. The Labute approximate surface area is 113 Å². The first-order valence-corrected chi connectivity index (χ1v) is 5.88. The van der Waals surface area contributed by atoms with Gasteiger partial charge in [-0.1, -0.05) is 17.7 Å². The lowest BCUT2D eigenvalue weighted by molar-refractivity contribution is 0.0993. The average Bonchev–Trinajstić information content (AvgIpc) is 2.37. The van der Waals surface area contributed by atoms with E-state index in [1.54, 1.807) is 0 Å². The van der Waals surface area contributed by atoms with Crippen molar-refractivity contribution in [1.82, 2.24) is 0 Å². The summed E-state index contributed by atoms with van der Waals surface area (Å²) in [7, 11) is 0. The first-order chi connectivity index (χ1) is 8.99. The van der Waals surface area contributed by atoms with E-state index in [4.69, 9.17) is 17.3 Å². The molecule has 0 amide bonds. The van der Waals surface area contributed by atoms with Crippen LogP contribution in [0.15, 0.2) is 36.4 Å². The van der Waals surface area contributed by atoms with Crippen LogP contribution in [0.25, 0.3) is 0 Å². The maximum Gasteiger partial charge on any atom is 0.169 e. The number of carbonyl (C=O) groups excluding carboxylic acids is 1. The third-order valence-corrected chi connectivity index (χ3v) is 3.08. The summed E-state index contributed by atoms with van der Waals surface area (Å²) >= 11 is 5.87. The Kier molecular flexibility index (Phi) is 3.81. The van der Waals surface area contributed by atoms with Crippen LogP contribution in [0.2, 0.25) is 5.02 Å². The van der Waals surface area contributed by atoms with Gasteiger partial charge in [0.05, 0.1) is 5.69 Å². The second kappa shape index (κ2) is 5.36. The minimum absolute atomic E-state index is 0.0697. The topological polar surface area (TPSA) is 43.1 Å². The Morgan fingerprint density at radius 3 is 2.68 bits per heavy atom. The molecule has 19 heavy (non-hydrogen) atoms. The molecule has 0 heterocycles. The van der Waals surface area contributed by atoms with Crippen LogP contribution < -0.4 is 5.73 Å². The second-order valence-electron chi connectivity index (χ2n) is 4.04. The number of benzene rings is 2. The van der Waals surface area contributed by atoms with E-state index in [0.717, 1.165) is 0 Å². The van der Waals surface area contributed by atoms with Gasteiger partial charge in [-0.2, -0.15) is 0 Å². The van der Waals surface area contributed by atoms with Gasteiger partial charge in [0.15, 0.2) is 5.78 Å². The molecular weight excluding hydrogens is 272 g/mol. The number of anilines is 1. The summed E-state index contributed by atoms with van der Waals surface area (Å²) in [5.74, 6) is -1.56. The molecule has 0 saturated carbocycles. The highest BCUT2D eigenvalue weighted by Gasteiger charge is 2.15. The fourth-order valence-electron chi connectivity index (χ4n) is 1.73. The molecule has 5 heteroatoms. The van der Waals surface area contributed by atoms with Crippen LogP contribution in [0.1, 0.15) is 15.9 Å². The molecule has 0 radical (unpaired) electrons. The third kappa shape index (κ3) is 2.90. The van der Waals surface area contributed by atoms with E-state index in [2.05, 4.69) is 0 Å². The number of rotatable bonds is 3. The summed E-state index contributed by atoms with van der Waals surface area (Å²) in [6.45, 7) is 0. The molecule has 2 rings (SSSR count). The molecule has 2 aromatic rings. The molecule has 2 nitrogen and oxygen atoms in total. The van der Waals surface area contributed by atoms with E-state index in [1.165, 1.54) is 36.4 Å². The van der Waals surface area contributed by atoms with Crippen molar-refractivity contribution >= 4 is 23.1 Å². The molecular formula is C14H10ClF2NO. The number of nitrogens with two attached hydrogens (primary N) is 1. The van der Waals surface area contributed by atoms with Crippen LogP contribution in [0, 0.1) is 11.6 Å². The Bertz CT molecular complexity index is 643. The van der Waals surface area contributed by atoms with E-state index in [-0.39, 0.29) is 22.7 Å². The molecule has 2 N–H and O–H groups in total. The van der Waals surface area contributed by atoms with Gasteiger partial charge in [0, 0.05) is 17.0 Å². The lowest BCUT2D eigenvalue weighted by atomic mass is 10.0. The molecule has 0 aromatic heterocycles. The van der Waals surface area contributed by atoms with Gasteiger partial charge in [0.25, 0.3) is 0 Å². The summed E-state index contributed by atoms with van der Waals surface area (Å²) in [6.07, 6.45) is -0.135. The molecule has 98 valence electrons. The number of hydrogen-bond acceptors (Lipinski definition) is 2. The van der Waals surface area contributed by atoms with Gasteiger partial charge >= 0.3 is 0 Å². The molecule has 0 atom stereocenters. The van der Waals surface area contributed by atoms with Crippen LogP contribution in [-0.2, 0) is 6.42 Å². The molecule has 0 bridgehead atoms. The lowest BCUT2D eigenvalue weighted by Gasteiger charge is -2.07. The van der Waals surface area contributed by atoms with Crippen molar-refractivity contribution in [2.45, 2.75) is 6.42 Å². The average molecular weight is 282 g/mol. The van der Waals surface area contributed by atoms with Crippen molar-refractivity contribution in [2.24, 2.45) is 0 Å². The Balaban J connectivity index is 2.31. The van der Waals surface area contributed by atoms with Crippen molar-refractivity contribution in [3.63, 3.8) is 0 Å². The van der Waals surface area contributed by atoms with Gasteiger partial charge < -0.3 is 5.73 Å². The fourth-order valence-corrected chi connectivity index (χ4v) is 1.91. The van der Waals surface area contributed by atoms with Gasteiger partial charge in [0.1, 0.15) is 11.6 Å². The van der Waals surface area contributed by atoms with Gasteiger partial charge in [-0.05, 0) is 35.9 Å². The van der Waals surface area contributed by atoms with Gasteiger partial charge in [-0.25, -0.2) is 8.78 Å². The van der Waals surface area contributed by atoms with E-state index in [9.17, 15) is 13.6 Å². The number of ketones is 1. The van der Waals surface area contributed by atoms with Gasteiger partial charge in [-0.15, -0.1) is 0 Å². The summed E-state index contributed by atoms with van der Waals surface area (Å²) in [6, 6.07) is 7.73. The maximum atomic E-state index is 13.3. The van der Waals surface area contributed by atoms with Crippen LogP contribution >= 0.6 is 11.6 Å². The summed E-state index contributed by atoms with van der Waals surface area (Å²) < 4.78 is 26.3. The molecule has 0 saturated heterocycles. The predicted molar refractivity (Wildman–Crippen MR) is 70.3 cm³/mol. The van der Waals surface area contributed by atoms with Crippen LogP contribution in [0.5, 0.6) is 0 Å². The second-order valence-corrected chi connectivity index (χ2v) is 4.44. The number of halogens is 3. The summed E-state index contributed by atoms with van der Waals surface area (Å²) in [5.41, 5.74) is 5.71. The maximum absolute atomic E-state index is 13.3. The highest BCUT2D eigenvalue weighted by Crippen LogP contribution is 2.22. The summed E-state index contributed by atoms with van der Waals surface area (Å²) in [4.78, 5) is 12.0. The largest absolute Gasteiger partial charge is 0.396 e. The molecule has 2 aromatic carbocycles. The van der Waals surface area contributed by atoms with E-state index < -0.39 is 17.4 Å². The molecule has 0 aliphatic heterocycles. The van der Waals surface area contributed by atoms with E-state index in [1.807, 2.05) is 0 Å². The molecule has 0 unspecified atom stereocenters. The molecule has 0 spiro atoms. The predicted octanol–water partition coefficient (Wildman–Crippen LogP) is 3.63. The first kappa shape index (κ1) is 13.5. The van der Waals surface area contributed by atoms with Gasteiger partial charge in [-0.3, -0.25) is 4.79 Å². The van der Waals surface area contributed by atoms with E-state index in [0.29, 0.717) is 5.56 Å². The Morgan fingerprint density at radius 2 is 1.95 bits per heavy atom. The van der Waals surface area contributed by atoms with Crippen LogP contribution in [0.3, 0.4) is 0 Å². The number of para-hydroxylation sites is 1. The summed E-state index contributed by atoms with van der Waals surface area (Å²) in [5, 5.41) is 0.282. The first-order valence-electron chi connectivity index (χ1n) is 5.50. The Hall–Kier alpha value is -1.94. The molecule has 0 fully saturated rings. The zero-order valence-corrected chi connectivity index (χ0v) is 10.5. The monoisotopic (exact) mass is 281 g/mol. The quantitative estimate of drug-likeness (QED) is 0.690.